The molecule has 0 aliphatic carbocycles. The van der Waals surface area contributed by atoms with Gasteiger partial charge in [0.25, 0.3) is 0 Å². The van der Waals surface area contributed by atoms with Crippen molar-refractivity contribution in [3.63, 3.8) is 0 Å². The van der Waals surface area contributed by atoms with Crippen molar-refractivity contribution in [2.24, 2.45) is 0 Å². The van der Waals surface area contributed by atoms with Gasteiger partial charge < -0.3 is 15.4 Å². The molecule has 0 fully saturated rings. The molecular weight excluding hydrogens is 240 g/mol. The van der Waals surface area contributed by atoms with Gasteiger partial charge in [0.15, 0.2) is 0 Å². The highest BCUT2D eigenvalue weighted by Gasteiger charge is 2.15. The van der Waals surface area contributed by atoms with E-state index < -0.39 is 22.5 Å². The molecule has 0 aromatic rings. The van der Waals surface area contributed by atoms with Gasteiger partial charge in [-0.05, 0) is 33.7 Å². The number of hydrogen-bond acceptors (Lipinski definition) is 4. The van der Waals surface area contributed by atoms with Crippen molar-refractivity contribution in [1.29, 1.82) is 0 Å². The van der Waals surface area contributed by atoms with Crippen LogP contribution in [0.25, 0.3) is 0 Å². The molecule has 0 aliphatic rings. The fraction of sp³-hybridized carbons (Fsp3) is 0.909. The highest BCUT2D eigenvalue weighted by molar-refractivity contribution is 7.84. The van der Waals surface area contributed by atoms with Crippen molar-refractivity contribution >= 4 is 16.9 Å². The molecule has 0 aromatic carbocycles. The number of ether oxygens (including phenoxy) is 1. The zero-order chi connectivity index (χ0) is 13.3. The van der Waals surface area contributed by atoms with Gasteiger partial charge in [0.1, 0.15) is 5.60 Å². The summed E-state index contributed by atoms with van der Waals surface area (Å²) in [4.78, 5) is 11.2. The van der Waals surface area contributed by atoms with E-state index in [0.29, 0.717) is 18.8 Å². The lowest BCUT2D eigenvalue weighted by Crippen LogP contribution is -2.36. The predicted molar refractivity (Wildman–Crippen MR) is 70.7 cm³/mol. The minimum atomic E-state index is -0.721. The Kier molecular flexibility index (Phi) is 8.16. The number of alkyl carbamates (subject to hydrolysis) is 1. The minimum absolute atomic E-state index is 0.394. The first-order chi connectivity index (χ1) is 7.81. The van der Waals surface area contributed by atoms with E-state index in [2.05, 4.69) is 10.6 Å². The first-order valence-corrected chi connectivity index (χ1v) is 7.51. The molecule has 0 spiro atoms. The Morgan fingerprint density at radius 1 is 1.24 bits per heavy atom. The van der Waals surface area contributed by atoms with Crippen molar-refractivity contribution in [2.75, 3.05) is 31.6 Å². The smallest absolute Gasteiger partial charge is 0.407 e. The van der Waals surface area contributed by atoms with Gasteiger partial charge in [-0.1, -0.05) is 0 Å². The van der Waals surface area contributed by atoms with Crippen LogP contribution in [-0.2, 0) is 15.5 Å². The van der Waals surface area contributed by atoms with Crippen molar-refractivity contribution in [3.05, 3.63) is 0 Å². The van der Waals surface area contributed by atoms with Crippen LogP contribution in [0.3, 0.4) is 0 Å². The Balaban J connectivity index is 3.34. The fourth-order valence-corrected chi connectivity index (χ4v) is 1.64. The molecule has 1 atom stereocenters. The van der Waals surface area contributed by atoms with E-state index >= 15 is 0 Å². The van der Waals surface area contributed by atoms with Gasteiger partial charge in [0.05, 0.1) is 0 Å². The summed E-state index contributed by atoms with van der Waals surface area (Å²) in [6.07, 6.45) is 2.19. The second-order valence-corrected chi connectivity index (χ2v) is 6.36. The Morgan fingerprint density at radius 3 is 2.41 bits per heavy atom. The molecule has 0 saturated carbocycles. The average Bonchev–Trinajstić information content (AvgIpc) is 2.12. The zero-order valence-corrected chi connectivity index (χ0v) is 12.0. The highest BCUT2D eigenvalue weighted by atomic mass is 32.2. The first kappa shape index (κ1) is 16.4. The molecule has 6 heteroatoms. The third-order valence-corrected chi connectivity index (χ3v) is 2.62. The highest BCUT2D eigenvalue weighted by Crippen LogP contribution is 2.05. The monoisotopic (exact) mass is 264 g/mol. The number of rotatable bonds is 7. The van der Waals surface area contributed by atoms with E-state index in [1.165, 1.54) is 0 Å². The molecule has 1 unspecified atom stereocenters. The molecule has 1 amide bonds. The maximum atomic E-state index is 11.2. The van der Waals surface area contributed by atoms with Gasteiger partial charge in [-0.2, -0.15) is 0 Å². The summed E-state index contributed by atoms with van der Waals surface area (Å²) in [5.41, 5.74) is -0.456. The molecule has 17 heavy (non-hydrogen) atoms. The molecule has 0 rings (SSSR count). The van der Waals surface area contributed by atoms with Gasteiger partial charge in [0.2, 0.25) is 0 Å². The number of nitrogens with one attached hydrogen (secondary N) is 2. The topological polar surface area (TPSA) is 67.4 Å². The maximum absolute atomic E-state index is 11.2. The van der Waals surface area contributed by atoms with Crippen LogP contribution in [0, 0.1) is 0 Å². The largest absolute Gasteiger partial charge is 0.444 e. The molecule has 0 saturated heterocycles. The SMILES string of the molecule is CS(=O)CCCNCCNC(=O)OC(C)(C)C. The standard InChI is InChI=1S/C11H24N2O3S/c1-11(2,3)16-10(14)13-8-7-12-6-5-9-17(4)15/h12H,5-9H2,1-4H3,(H,13,14). The van der Waals surface area contributed by atoms with Crippen molar-refractivity contribution < 1.29 is 13.7 Å². The molecule has 5 nitrogen and oxygen atoms in total. The third-order valence-electron chi connectivity index (χ3n) is 1.76. The van der Waals surface area contributed by atoms with Gasteiger partial charge in [-0.25, -0.2) is 4.79 Å². The Morgan fingerprint density at radius 2 is 1.88 bits per heavy atom. The predicted octanol–water partition coefficient (Wildman–Crippen LogP) is 0.869. The zero-order valence-electron chi connectivity index (χ0n) is 11.2. The normalized spacial score (nSPS) is 13.2. The summed E-state index contributed by atoms with van der Waals surface area (Å²) in [6.45, 7) is 7.52. The number of carbonyl (C=O) groups is 1. The summed E-state index contributed by atoms with van der Waals surface area (Å²) in [5.74, 6) is 0.715. The lowest BCUT2D eigenvalue weighted by molar-refractivity contribution is 0.0528. The minimum Gasteiger partial charge on any atom is -0.444 e. The van der Waals surface area contributed by atoms with Crippen LogP contribution in [0.15, 0.2) is 0 Å². The summed E-state index contributed by atoms with van der Waals surface area (Å²) in [5, 5.41) is 5.81. The van der Waals surface area contributed by atoms with Gasteiger partial charge in [-0.15, -0.1) is 0 Å². The number of carbonyl (C=O) groups excluding carboxylic acids is 1. The van der Waals surface area contributed by atoms with Crippen molar-refractivity contribution in [3.8, 4) is 0 Å². The summed E-state index contributed by atoms with van der Waals surface area (Å²) < 4.78 is 15.8. The number of hydrogen-bond donors (Lipinski definition) is 2. The quantitative estimate of drug-likeness (QED) is 0.670. The molecule has 0 aromatic heterocycles. The van der Waals surface area contributed by atoms with Crippen LogP contribution in [-0.4, -0.2) is 47.5 Å². The molecule has 0 heterocycles. The molecular formula is C11H24N2O3S. The van der Waals surface area contributed by atoms with Crippen LogP contribution in [0.5, 0.6) is 0 Å². The van der Waals surface area contributed by atoms with Crippen LogP contribution in [0.2, 0.25) is 0 Å². The second-order valence-electron chi connectivity index (χ2n) is 4.81. The van der Waals surface area contributed by atoms with E-state index in [4.69, 9.17) is 4.74 Å². The van der Waals surface area contributed by atoms with E-state index in [1.54, 1.807) is 6.26 Å². The Hall–Kier alpha value is -0.620. The van der Waals surface area contributed by atoms with Crippen LogP contribution >= 0.6 is 0 Å². The van der Waals surface area contributed by atoms with E-state index in [0.717, 1.165) is 13.0 Å². The fourth-order valence-electron chi connectivity index (χ4n) is 1.09. The molecule has 0 radical (unpaired) electrons. The van der Waals surface area contributed by atoms with E-state index in [9.17, 15) is 9.00 Å². The molecule has 2 N–H and O–H groups in total. The van der Waals surface area contributed by atoms with E-state index in [1.807, 2.05) is 20.8 Å². The van der Waals surface area contributed by atoms with Crippen molar-refractivity contribution in [1.82, 2.24) is 10.6 Å². The van der Waals surface area contributed by atoms with Crippen LogP contribution in [0.1, 0.15) is 27.2 Å². The summed E-state index contributed by atoms with van der Waals surface area (Å²) in [7, 11) is -0.721. The van der Waals surface area contributed by atoms with Crippen molar-refractivity contribution in [2.45, 2.75) is 32.8 Å². The number of amides is 1. The lowest BCUT2D eigenvalue weighted by Gasteiger charge is -2.19. The first-order valence-electron chi connectivity index (χ1n) is 5.79. The van der Waals surface area contributed by atoms with Gasteiger partial charge >= 0.3 is 6.09 Å². The summed E-state index contributed by atoms with van der Waals surface area (Å²) >= 11 is 0. The van der Waals surface area contributed by atoms with E-state index in [-0.39, 0.29) is 0 Å². The molecule has 0 aliphatic heterocycles. The van der Waals surface area contributed by atoms with Gasteiger partial charge in [0, 0.05) is 35.9 Å². The maximum Gasteiger partial charge on any atom is 0.407 e. The van der Waals surface area contributed by atoms with Crippen LogP contribution < -0.4 is 10.6 Å². The Labute approximate surface area is 106 Å². The lowest BCUT2D eigenvalue weighted by atomic mass is 10.2. The van der Waals surface area contributed by atoms with Gasteiger partial charge in [-0.3, -0.25) is 4.21 Å². The molecule has 0 bridgehead atoms. The Bertz CT molecular complexity index is 252. The summed E-state index contributed by atoms with van der Waals surface area (Å²) in [6, 6.07) is 0. The average molecular weight is 264 g/mol. The third kappa shape index (κ3) is 13.3. The molecule has 102 valence electrons. The second kappa shape index (κ2) is 8.47. The van der Waals surface area contributed by atoms with Crippen LogP contribution in [0.4, 0.5) is 4.79 Å².